The number of nitrogens with one attached hydrogen (secondary N) is 1. The smallest absolute Gasteiger partial charge is 0.356 e. The third-order valence-electron chi connectivity index (χ3n) is 4.89. The SMILES string of the molecule is CCOC(=O)c1cc(C(=O)CC)c2c(n1)c(OC)c(OC)c1cc(C(=O)CC)[nH]c12. The molecule has 0 saturated heterocycles. The molecule has 0 radical (unpaired) electrons. The summed E-state index contributed by atoms with van der Waals surface area (Å²) in [6.45, 7) is 5.37. The molecule has 1 N–H and O–H groups in total. The van der Waals surface area contributed by atoms with Gasteiger partial charge in [0.15, 0.2) is 23.1 Å². The molecule has 1 aromatic carbocycles. The lowest BCUT2D eigenvalue weighted by Crippen LogP contribution is -2.11. The van der Waals surface area contributed by atoms with E-state index in [4.69, 9.17) is 14.2 Å². The third kappa shape index (κ3) is 3.38. The number of hydrogen-bond donors (Lipinski definition) is 1. The Morgan fingerprint density at radius 3 is 2.20 bits per heavy atom. The van der Waals surface area contributed by atoms with E-state index in [1.165, 1.54) is 20.3 Å². The highest BCUT2D eigenvalue weighted by atomic mass is 16.5. The number of aromatic nitrogens is 2. The van der Waals surface area contributed by atoms with Gasteiger partial charge in [0, 0.05) is 29.2 Å². The zero-order valence-corrected chi connectivity index (χ0v) is 17.7. The van der Waals surface area contributed by atoms with Gasteiger partial charge in [0.1, 0.15) is 11.2 Å². The van der Waals surface area contributed by atoms with Crippen LogP contribution in [0.2, 0.25) is 0 Å². The number of aromatic amines is 1. The van der Waals surface area contributed by atoms with E-state index >= 15 is 0 Å². The van der Waals surface area contributed by atoms with Crippen LogP contribution in [0.5, 0.6) is 11.5 Å². The highest BCUT2D eigenvalue weighted by Gasteiger charge is 2.26. The van der Waals surface area contributed by atoms with E-state index in [1.54, 1.807) is 26.8 Å². The zero-order chi connectivity index (χ0) is 22.0. The molecule has 3 rings (SSSR count). The number of carbonyl (C=O) groups is 3. The number of nitrogens with zero attached hydrogens (tertiary/aromatic N) is 1. The van der Waals surface area contributed by atoms with Crippen LogP contribution in [0.4, 0.5) is 0 Å². The van der Waals surface area contributed by atoms with E-state index < -0.39 is 5.97 Å². The Morgan fingerprint density at radius 2 is 1.63 bits per heavy atom. The Kier molecular flexibility index (Phi) is 6.05. The van der Waals surface area contributed by atoms with Crippen molar-refractivity contribution < 1.29 is 28.6 Å². The summed E-state index contributed by atoms with van der Waals surface area (Å²) in [6.07, 6.45) is 0.537. The van der Waals surface area contributed by atoms with Crippen molar-refractivity contribution in [3.8, 4) is 11.5 Å². The fourth-order valence-electron chi connectivity index (χ4n) is 3.48. The maximum absolute atomic E-state index is 12.8. The number of hydrogen-bond acceptors (Lipinski definition) is 7. The van der Waals surface area contributed by atoms with Crippen molar-refractivity contribution in [2.45, 2.75) is 33.6 Å². The molecule has 2 heterocycles. The lowest BCUT2D eigenvalue weighted by atomic mass is 9.99. The molecule has 0 bridgehead atoms. The summed E-state index contributed by atoms with van der Waals surface area (Å²) in [5.74, 6) is -0.279. The third-order valence-corrected chi connectivity index (χ3v) is 4.89. The Bertz CT molecular complexity index is 1160. The first kappa shape index (κ1) is 21.3. The topological polar surface area (TPSA) is 108 Å². The average Bonchev–Trinajstić information content (AvgIpc) is 3.21. The standard InChI is InChI=1S/C22H24N2O6/c1-6-15(25)11-9-14(22(27)30-8-3)24-19-17(11)18-12(20(28-4)21(19)29-5)10-13(23-18)16(26)7-2/h9-10,23H,6-8H2,1-5H3. The van der Waals surface area contributed by atoms with Gasteiger partial charge in [0.05, 0.1) is 32.0 Å². The summed E-state index contributed by atoms with van der Waals surface area (Å²) < 4.78 is 16.2. The molecule has 0 saturated carbocycles. The molecular formula is C22H24N2O6. The summed E-state index contributed by atoms with van der Waals surface area (Å²) in [5, 5.41) is 1.06. The molecule has 8 heteroatoms. The van der Waals surface area contributed by atoms with Gasteiger partial charge in [-0.25, -0.2) is 9.78 Å². The predicted molar refractivity (Wildman–Crippen MR) is 112 cm³/mol. The second-order valence-electron chi connectivity index (χ2n) is 6.59. The van der Waals surface area contributed by atoms with Gasteiger partial charge in [0.2, 0.25) is 0 Å². The monoisotopic (exact) mass is 412 g/mol. The number of methoxy groups -OCH3 is 2. The van der Waals surface area contributed by atoms with Crippen LogP contribution in [-0.2, 0) is 4.74 Å². The van der Waals surface area contributed by atoms with Crippen LogP contribution in [0.1, 0.15) is 64.9 Å². The van der Waals surface area contributed by atoms with Gasteiger partial charge in [-0.2, -0.15) is 0 Å². The quantitative estimate of drug-likeness (QED) is 0.438. The number of carbonyl (C=O) groups excluding carboxylic acids is 3. The van der Waals surface area contributed by atoms with Crippen LogP contribution >= 0.6 is 0 Å². The number of pyridine rings is 1. The minimum Gasteiger partial charge on any atom is -0.492 e. The largest absolute Gasteiger partial charge is 0.492 e. The van der Waals surface area contributed by atoms with Crippen LogP contribution < -0.4 is 9.47 Å². The fourth-order valence-corrected chi connectivity index (χ4v) is 3.48. The second-order valence-corrected chi connectivity index (χ2v) is 6.59. The van der Waals surface area contributed by atoms with Crippen molar-refractivity contribution in [1.82, 2.24) is 9.97 Å². The number of rotatable bonds is 8. The molecule has 2 aromatic heterocycles. The van der Waals surface area contributed by atoms with E-state index in [0.29, 0.717) is 39.7 Å². The van der Waals surface area contributed by atoms with Gasteiger partial charge in [-0.05, 0) is 19.1 Å². The Labute approximate surface area is 173 Å². The molecule has 8 nitrogen and oxygen atoms in total. The first-order valence-corrected chi connectivity index (χ1v) is 9.76. The van der Waals surface area contributed by atoms with Crippen molar-refractivity contribution in [2.24, 2.45) is 0 Å². The predicted octanol–water partition coefficient (Wildman–Crippen LogP) is 4.10. The molecule has 0 unspecified atom stereocenters. The molecule has 30 heavy (non-hydrogen) atoms. The van der Waals surface area contributed by atoms with Crippen molar-refractivity contribution in [1.29, 1.82) is 0 Å². The molecule has 3 aromatic rings. The highest BCUT2D eigenvalue weighted by molar-refractivity contribution is 6.21. The van der Waals surface area contributed by atoms with Gasteiger partial charge >= 0.3 is 5.97 Å². The van der Waals surface area contributed by atoms with Crippen molar-refractivity contribution in [2.75, 3.05) is 20.8 Å². The van der Waals surface area contributed by atoms with Crippen LogP contribution in [0, 0.1) is 0 Å². The van der Waals surface area contributed by atoms with Gasteiger partial charge in [-0.15, -0.1) is 0 Å². The molecule has 0 amide bonds. The Hall–Kier alpha value is -3.42. The number of ether oxygens (including phenoxy) is 3. The Morgan fingerprint density at radius 1 is 0.967 bits per heavy atom. The van der Waals surface area contributed by atoms with Crippen LogP contribution in [0.3, 0.4) is 0 Å². The number of Topliss-reactive ketones (excluding diaryl/α,β-unsaturated/α-hetero) is 2. The molecule has 0 spiro atoms. The molecular weight excluding hydrogens is 388 g/mol. The highest BCUT2D eigenvalue weighted by Crippen LogP contribution is 2.44. The molecule has 158 valence electrons. The average molecular weight is 412 g/mol. The van der Waals surface area contributed by atoms with Crippen molar-refractivity contribution >= 4 is 39.3 Å². The summed E-state index contributed by atoms with van der Waals surface area (Å²) in [4.78, 5) is 45.1. The normalized spacial score (nSPS) is 11.0. The second kappa shape index (κ2) is 8.52. The lowest BCUT2D eigenvalue weighted by molar-refractivity contribution is 0.0520. The minimum atomic E-state index is -0.640. The first-order valence-electron chi connectivity index (χ1n) is 9.76. The molecule has 0 aliphatic carbocycles. The van der Waals surface area contributed by atoms with Crippen LogP contribution in [0.25, 0.3) is 21.8 Å². The number of ketones is 2. The van der Waals surface area contributed by atoms with E-state index in [9.17, 15) is 14.4 Å². The zero-order valence-electron chi connectivity index (χ0n) is 17.7. The fraction of sp³-hybridized carbons (Fsp3) is 0.364. The van der Waals surface area contributed by atoms with Gasteiger partial charge in [0.25, 0.3) is 0 Å². The molecule has 0 atom stereocenters. The number of benzene rings is 1. The summed E-state index contributed by atoms with van der Waals surface area (Å²) in [6, 6.07) is 3.11. The first-order chi connectivity index (χ1) is 14.4. The van der Waals surface area contributed by atoms with Gasteiger partial charge < -0.3 is 19.2 Å². The lowest BCUT2D eigenvalue weighted by Gasteiger charge is -2.15. The van der Waals surface area contributed by atoms with Crippen LogP contribution in [-0.4, -0.2) is 48.3 Å². The minimum absolute atomic E-state index is 0.00253. The van der Waals surface area contributed by atoms with Crippen LogP contribution in [0.15, 0.2) is 12.1 Å². The molecule has 0 aliphatic heterocycles. The van der Waals surface area contributed by atoms with E-state index in [0.717, 1.165) is 0 Å². The van der Waals surface area contributed by atoms with E-state index in [2.05, 4.69) is 9.97 Å². The molecule has 0 fully saturated rings. The van der Waals surface area contributed by atoms with Gasteiger partial charge in [-0.1, -0.05) is 13.8 Å². The summed E-state index contributed by atoms with van der Waals surface area (Å²) in [7, 11) is 2.93. The number of H-pyrrole nitrogens is 1. The van der Waals surface area contributed by atoms with Crippen molar-refractivity contribution in [3.63, 3.8) is 0 Å². The number of fused-ring (bicyclic) bond motifs is 3. The van der Waals surface area contributed by atoms with E-state index in [1.807, 2.05) is 0 Å². The van der Waals surface area contributed by atoms with E-state index in [-0.39, 0.29) is 41.6 Å². The molecule has 0 aliphatic rings. The van der Waals surface area contributed by atoms with Crippen molar-refractivity contribution in [3.05, 3.63) is 29.1 Å². The maximum Gasteiger partial charge on any atom is 0.356 e. The Balaban J connectivity index is 2.54. The number of esters is 1. The maximum atomic E-state index is 12.8. The summed E-state index contributed by atoms with van der Waals surface area (Å²) in [5.41, 5.74) is 1.50. The summed E-state index contributed by atoms with van der Waals surface area (Å²) >= 11 is 0. The van der Waals surface area contributed by atoms with Gasteiger partial charge in [-0.3, -0.25) is 9.59 Å².